The van der Waals surface area contributed by atoms with E-state index in [4.69, 9.17) is 9.15 Å². The third-order valence-corrected chi connectivity index (χ3v) is 5.16. The van der Waals surface area contributed by atoms with Crippen LogP contribution in [0.2, 0.25) is 0 Å². The highest BCUT2D eigenvalue weighted by Crippen LogP contribution is 2.13. The van der Waals surface area contributed by atoms with E-state index < -0.39 is 10.0 Å². The summed E-state index contributed by atoms with van der Waals surface area (Å²) in [5, 5.41) is 2.80. The summed E-state index contributed by atoms with van der Waals surface area (Å²) in [6.45, 7) is 0.652. The molecule has 0 atom stereocenters. The molecule has 0 aliphatic carbocycles. The Hall–Kier alpha value is -2.58. The van der Waals surface area contributed by atoms with Crippen LogP contribution in [-0.4, -0.2) is 45.6 Å². The molecule has 1 amide bonds. The van der Waals surface area contributed by atoms with Gasteiger partial charge in [0.05, 0.1) is 19.9 Å². The van der Waals surface area contributed by atoms with Crippen molar-refractivity contribution in [3.63, 3.8) is 0 Å². The first-order valence-electron chi connectivity index (χ1n) is 8.37. The lowest BCUT2D eigenvalue weighted by atomic mass is 10.1. The number of sulfonamides is 1. The van der Waals surface area contributed by atoms with Crippen LogP contribution in [-0.2, 0) is 27.8 Å². The summed E-state index contributed by atoms with van der Waals surface area (Å²) in [5.74, 6) is 1.56. The van der Waals surface area contributed by atoms with Crippen molar-refractivity contribution in [3.05, 3.63) is 59.6 Å². The van der Waals surface area contributed by atoms with Gasteiger partial charge in [-0.15, -0.1) is 0 Å². The number of amides is 1. The normalized spacial score (nSPS) is 11.9. The third kappa shape index (κ3) is 6.92. The molecular formula is C19H24N2O5S. The zero-order valence-electron chi connectivity index (χ0n) is 15.6. The lowest BCUT2D eigenvalue weighted by molar-refractivity contribution is -0.116. The molecule has 146 valence electrons. The lowest BCUT2D eigenvalue weighted by Crippen LogP contribution is -2.24. The van der Waals surface area contributed by atoms with Crippen molar-refractivity contribution in [2.24, 2.45) is 0 Å². The minimum atomic E-state index is -3.27. The van der Waals surface area contributed by atoms with E-state index in [1.165, 1.54) is 17.4 Å². The van der Waals surface area contributed by atoms with Crippen LogP contribution < -0.4 is 10.1 Å². The first-order valence-corrected chi connectivity index (χ1v) is 10.2. The van der Waals surface area contributed by atoms with Gasteiger partial charge in [-0.3, -0.25) is 4.79 Å². The molecule has 1 aromatic heterocycles. The van der Waals surface area contributed by atoms with Crippen molar-refractivity contribution in [2.45, 2.75) is 13.0 Å². The molecule has 2 rings (SSSR count). The minimum absolute atomic E-state index is 0.140. The molecule has 0 radical (unpaired) electrons. The molecule has 1 aromatic carbocycles. The molecule has 0 aliphatic rings. The number of hydrogen-bond acceptors (Lipinski definition) is 5. The SMILES string of the molecule is COc1ccc(CCNC(=O)/C=C/c2ccc(CN(C)S(C)(=O)=O)o2)cc1. The van der Waals surface area contributed by atoms with Gasteiger partial charge in [0.1, 0.15) is 17.3 Å². The summed E-state index contributed by atoms with van der Waals surface area (Å²) in [4.78, 5) is 11.9. The standard InChI is InChI=1S/C19H24N2O5S/c1-21(27(3,23)24)14-18-9-8-17(26-18)10-11-19(22)20-13-12-15-4-6-16(25-2)7-5-15/h4-11H,12-14H2,1-3H3,(H,20,22)/b11-10+. The van der Waals surface area contributed by atoms with Gasteiger partial charge in [-0.05, 0) is 42.3 Å². The van der Waals surface area contributed by atoms with Gasteiger partial charge in [0.15, 0.2) is 0 Å². The molecule has 27 heavy (non-hydrogen) atoms. The fraction of sp³-hybridized carbons (Fsp3) is 0.316. The Bertz CT molecular complexity index is 885. The van der Waals surface area contributed by atoms with Crippen molar-refractivity contribution < 1.29 is 22.4 Å². The number of nitrogens with one attached hydrogen (secondary N) is 1. The maximum atomic E-state index is 11.9. The molecule has 1 N–H and O–H groups in total. The first kappa shape index (κ1) is 20.7. The van der Waals surface area contributed by atoms with Crippen LogP contribution in [0.15, 0.2) is 46.9 Å². The largest absolute Gasteiger partial charge is 0.497 e. The molecule has 0 fully saturated rings. The molecule has 7 nitrogen and oxygen atoms in total. The number of carbonyl (C=O) groups is 1. The van der Waals surface area contributed by atoms with Gasteiger partial charge in [0.2, 0.25) is 15.9 Å². The predicted molar refractivity (Wildman–Crippen MR) is 104 cm³/mol. The summed E-state index contributed by atoms with van der Waals surface area (Å²) in [6.07, 6.45) is 4.78. The van der Waals surface area contributed by atoms with Crippen LogP contribution in [0.4, 0.5) is 0 Å². The average molecular weight is 392 g/mol. The summed E-state index contributed by atoms with van der Waals surface area (Å²) in [7, 11) is -0.176. The Balaban J connectivity index is 1.79. The Labute approximate surface area is 159 Å². The molecule has 0 spiro atoms. The van der Waals surface area contributed by atoms with Gasteiger partial charge in [0, 0.05) is 19.7 Å². The zero-order valence-corrected chi connectivity index (χ0v) is 16.5. The maximum absolute atomic E-state index is 11.9. The van der Waals surface area contributed by atoms with Gasteiger partial charge >= 0.3 is 0 Å². The van der Waals surface area contributed by atoms with Crippen LogP contribution in [0.25, 0.3) is 6.08 Å². The highest BCUT2D eigenvalue weighted by atomic mass is 32.2. The molecule has 0 aliphatic heterocycles. The van der Waals surface area contributed by atoms with Gasteiger partial charge in [-0.25, -0.2) is 8.42 Å². The number of ether oxygens (including phenoxy) is 1. The van der Waals surface area contributed by atoms with Gasteiger partial charge < -0.3 is 14.5 Å². The number of nitrogens with zero attached hydrogens (tertiary/aromatic N) is 1. The summed E-state index contributed by atoms with van der Waals surface area (Å²) in [5.41, 5.74) is 1.10. The highest BCUT2D eigenvalue weighted by Gasteiger charge is 2.13. The van der Waals surface area contributed by atoms with E-state index in [1.54, 1.807) is 25.3 Å². The van der Waals surface area contributed by atoms with Crippen LogP contribution in [0.3, 0.4) is 0 Å². The molecular weight excluding hydrogens is 368 g/mol. The Morgan fingerprint density at radius 3 is 2.56 bits per heavy atom. The molecule has 0 saturated heterocycles. The Morgan fingerprint density at radius 2 is 1.93 bits per heavy atom. The fourth-order valence-corrected chi connectivity index (χ4v) is 2.61. The topological polar surface area (TPSA) is 88.9 Å². The quantitative estimate of drug-likeness (QED) is 0.660. The van der Waals surface area contributed by atoms with Crippen molar-refractivity contribution in [2.75, 3.05) is 27.0 Å². The first-order chi connectivity index (χ1) is 12.8. The highest BCUT2D eigenvalue weighted by molar-refractivity contribution is 7.88. The van der Waals surface area contributed by atoms with E-state index in [1.807, 2.05) is 24.3 Å². The smallest absolute Gasteiger partial charge is 0.244 e. The van der Waals surface area contributed by atoms with Crippen LogP contribution in [0.5, 0.6) is 5.75 Å². The van der Waals surface area contributed by atoms with E-state index in [-0.39, 0.29) is 12.5 Å². The number of rotatable bonds is 9. The number of hydrogen-bond donors (Lipinski definition) is 1. The van der Waals surface area contributed by atoms with E-state index >= 15 is 0 Å². The molecule has 0 saturated carbocycles. The van der Waals surface area contributed by atoms with Crippen molar-refractivity contribution in [3.8, 4) is 5.75 Å². The lowest BCUT2D eigenvalue weighted by Gasteiger charge is -2.11. The van der Waals surface area contributed by atoms with E-state index in [9.17, 15) is 13.2 Å². The molecule has 8 heteroatoms. The van der Waals surface area contributed by atoms with Gasteiger partial charge in [0.25, 0.3) is 0 Å². The Morgan fingerprint density at radius 1 is 1.22 bits per heavy atom. The van der Waals surface area contributed by atoms with Gasteiger partial charge in [-0.1, -0.05) is 12.1 Å². The number of carbonyl (C=O) groups excluding carboxylic acids is 1. The second kappa shape index (κ2) is 9.38. The third-order valence-electron chi connectivity index (χ3n) is 3.90. The van der Waals surface area contributed by atoms with E-state index in [2.05, 4.69) is 5.32 Å². The van der Waals surface area contributed by atoms with Crippen molar-refractivity contribution >= 4 is 22.0 Å². The monoisotopic (exact) mass is 392 g/mol. The van der Waals surface area contributed by atoms with Crippen LogP contribution in [0.1, 0.15) is 17.1 Å². The van der Waals surface area contributed by atoms with Crippen molar-refractivity contribution in [1.29, 1.82) is 0 Å². The Kier molecular flexibility index (Phi) is 7.20. The molecule has 2 aromatic rings. The van der Waals surface area contributed by atoms with Crippen molar-refractivity contribution in [1.82, 2.24) is 9.62 Å². The predicted octanol–water partition coefficient (Wildman–Crippen LogP) is 2.05. The molecule has 0 bridgehead atoms. The summed E-state index contributed by atoms with van der Waals surface area (Å²) >= 11 is 0. The minimum Gasteiger partial charge on any atom is -0.497 e. The fourth-order valence-electron chi connectivity index (χ4n) is 2.24. The van der Waals surface area contributed by atoms with E-state index in [0.29, 0.717) is 24.5 Å². The molecule has 1 heterocycles. The van der Waals surface area contributed by atoms with E-state index in [0.717, 1.165) is 17.6 Å². The second-order valence-corrected chi connectivity index (χ2v) is 8.13. The van der Waals surface area contributed by atoms with Crippen LogP contribution in [0, 0.1) is 0 Å². The molecule has 0 unspecified atom stereocenters. The zero-order chi connectivity index (χ0) is 19.9. The summed E-state index contributed by atoms with van der Waals surface area (Å²) < 4.78 is 34.6. The van der Waals surface area contributed by atoms with Crippen LogP contribution >= 0.6 is 0 Å². The maximum Gasteiger partial charge on any atom is 0.244 e. The average Bonchev–Trinajstić information content (AvgIpc) is 3.07. The number of methoxy groups -OCH3 is 1. The number of furan rings is 1. The number of benzene rings is 1. The van der Waals surface area contributed by atoms with Gasteiger partial charge in [-0.2, -0.15) is 4.31 Å². The summed E-state index contributed by atoms with van der Waals surface area (Å²) in [6, 6.07) is 11.0. The second-order valence-electron chi connectivity index (χ2n) is 6.05.